The van der Waals surface area contributed by atoms with Crippen LogP contribution in [0.2, 0.25) is 0 Å². The Morgan fingerprint density at radius 3 is 2.38 bits per heavy atom. The van der Waals surface area contributed by atoms with Crippen LogP contribution in [0.4, 0.5) is 19.0 Å². The van der Waals surface area contributed by atoms with Crippen molar-refractivity contribution >= 4 is 21.6 Å². The number of hydrogen-bond acceptors (Lipinski definition) is 6. The van der Waals surface area contributed by atoms with Gasteiger partial charge >= 0.3 is 6.18 Å². The highest BCUT2D eigenvalue weighted by atomic mass is 32.2. The number of fused-ring (bicyclic) bond motifs is 1. The molecular formula is C21H16F3N3O4S. The molecule has 1 aliphatic rings. The lowest BCUT2D eigenvalue weighted by molar-refractivity contribution is -0.137. The van der Waals surface area contributed by atoms with Crippen molar-refractivity contribution in [2.24, 2.45) is 0 Å². The summed E-state index contributed by atoms with van der Waals surface area (Å²) in [5.74, 6) is 0.220. The maximum Gasteiger partial charge on any atom is 0.416 e. The van der Waals surface area contributed by atoms with Gasteiger partial charge in [-0.3, -0.25) is 9.69 Å². The molecule has 11 heteroatoms. The van der Waals surface area contributed by atoms with Crippen LogP contribution in [-0.4, -0.2) is 37.1 Å². The number of carbonyl (C=O) groups excluding carboxylic acids is 1. The van der Waals surface area contributed by atoms with Crippen molar-refractivity contribution in [2.45, 2.75) is 17.8 Å². The number of anilines is 1. The van der Waals surface area contributed by atoms with Crippen LogP contribution in [0, 0.1) is 0 Å². The molecule has 32 heavy (non-hydrogen) atoms. The highest BCUT2D eigenvalue weighted by Gasteiger charge is 2.30. The van der Waals surface area contributed by atoms with Crippen LogP contribution < -0.4 is 9.64 Å². The van der Waals surface area contributed by atoms with E-state index in [0.29, 0.717) is 18.5 Å². The number of alkyl halides is 3. The number of halogens is 3. The second kappa shape index (κ2) is 7.90. The number of carbonyl (C=O) groups is 1. The summed E-state index contributed by atoms with van der Waals surface area (Å²) in [7, 11) is -3.65. The molecule has 1 amide bonds. The molecule has 3 aromatic rings. The largest absolute Gasteiger partial charge is 0.457 e. The van der Waals surface area contributed by atoms with E-state index in [-0.39, 0.29) is 22.5 Å². The molecule has 0 spiro atoms. The van der Waals surface area contributed by atoms with Crippen LogP contribution in [0.3, 0.4) is 0 Å². The molecule has 0 radical (unpaired) electrons. The lowest BCUT2D eigenvalue weighted by Gasteiger charge is -2.28. The highest BCUT2D eigenvalue weighted by molar-refractivity contribution is 7.90. The van der Waals surface area contributed by atoms with Crippen molar-refractivity contribution in [3.8, 4) is 11.5 Å². The predicted octanol–water partition coefficient (Wildman–Crippen LogP) is 3.89. The van der Waals surface area contributed by atoms with Crippen LogP contribution in [0.5, 0.6) is 11.5 Å². The summed E-state index contributed by atoms with van der Waals surface area (Å²) in [6, 6.07) is 10.5. The van der Waals surface area contributed by atoms with E-state index in [2.05, 4.69) is 9.97 Å². The molecule has 1 aromatic heterocycles. The molecule has 0 saturated heterocycles. The smallest absolute Gasteiger partial charge is 0.416 e. The van der Waals surface area contributed by atoms with Crippen LogP contribution in [-0.2, 0) is 22.4 Å². The maximum atomic E-state index is 13.1. The van der Waals surface area contributed by atoms with Gasteiger partial charge in [0.15, 0.2) is 0 Å². The summed E-state index contributed by atoms with van der Waals surface area (Å²) in [4.78, 5) is 22.1. The second-order valence-electron chi connectivity index (χ2n) is 7.12. The summed E-state index contributed by atoms with van der Waals surface area (Å²) in [5, 5.41) is -0.381. The summed E-state index contributed by atoms with van der Waals surface area (Å²) < 4.78 is 67.3. The maximum absolute atomic E-state index is 13.1. The van der Waals surface area contributed by atoms with Gasteiger partial charge in [-0.2, -0.15) is 13.2 Å². The number of rotatable bonds is 4. The molecule has 0 N–H and O–H groups in total. The van der Waals surface area contributed by atoms with E-state index in [1.54, 1.807) is 12.1 Å². The Balaban J connectivity index is 1.59. The first-order valence-electron chi connectivity index (χ1n) is 9.35. The van der Waals surface area contributed by atoms with E-state index in [9.17, 15) is 26.4 Å². The third-order valence-electron chi connectivity index (χ3n) is 4.81. The molecule has 2 aromatic carbocycles. The fourth-order valence-corrected chi connectivity index (χ4v) is 3.75. The first kappa shape index (κ1) is 21.8. The van der Waals surface area contributed by atoms with Gasteiger partial charge in [0.2, 0.25) is 15.0 Å². The van der Waals surface area contributed by atoms with Gasteiger partial charge in [-0.25, -0.2) is 18.4 Å². The number of nitrogens with zero attached hydrogens (tertiary/aromatic N) is 3. The van der Waals surface area contributed by atoms with Crippen LogP contribution >= 0.6 is 0 Å². The van der Waals surface area contributed by atoms with Crippen LogP contribution in [0.25, 0.3) is 0 Å². The van der Waals surface area contributed by atoms with E-state index < -0.39 is 27.5 Å². The number of amides is 1. The lowest BCUT2D eigenvalue weighted by atomic mass is 9.98. The lowest BCUT2D eigenvalue weighted by Crippen LogP contribution is -2.38. The quantitative estimate of drug-likeness (QED) is 0.546. The van der Waals surface area contributed by atoms with Gasteiger partial charge in [-0.05, 0) is 54.4 Å². The Morgan fingerprint density at radius 1 is 1.03 bits per heavy atom. The molecule has 0 saturated carbocycles. The Kier molecular flexibility index (Phi) is 5.37. The topological polar surface area (TPSA) is 89.5 Å². The number of hydrogen-bond donors (Lipinski definition) is 0. The van der Waals surface area contributed by atoms with Gasteiger partial charge in [0.25, 0.3) is 5.91 Å². The van der Waals surface area contributed by atoms with Crippen molar-refractivity contribution in [3.63, 3.8) is 0 Å². The summed E-state index contributed by atoms with van der Waals surface area (Å²) in [6.07, 6.45) is -1.70. The van der Waals surface area contributed by atoms with Crippen molar-refractivity contribution in [1.82, 2.24) is 9.97 Å². The first-order valence-corrected chi connectivity index (χ1v) is 11.2. The molecule has 0 bridgehead atoms. The van der Waals surface area contributed by atoms with Crippen molar-refractivity contribution in [1.29, 1.82) is 0 Å². The molecule has 0 aliphatic carbocycles. The molecule has 0 atom stereocenters. The third-order valence-corrected chi connectivity index (χ3v) is 5.67. The fourth-order valence-electron chi connectivity index (χ4n) is 3.24. The van der Waals surface area contributed by atoms with E-state index in [1.165, 1.54) is 35.4 Å². The van der Waals surface area contributed by atoms with Crippen molar-refractivity contribution < 1.29 is 31.1 Å². The van der Waals surface area contributed by atoms with Crippen LogP contribution in [0.15, 0.2) is 59.9 Å². The predicted molar refractivity (Wildman–Crippen MR) is 108 cm³/mol. The zero-order valence-corrected chi connectivity index (χ0v) is 17.4. The molecule has 7 nitrogen and oxygen atoms in total. The Morgan fingerprint density at radius 2 is 1.72 bits per heavy atom. The van der Waals surface area contributed by atoms with Gasteiger partial charge in [-0.1, -0.05) is 6.07 Å². The minimum atomic E-state index is -4.45. The van der Waals surface area contributed by atoms with Gasteiger partial charge in [0.05, 0.1) is 5.56 Å². The minimum absolute atomic E-state index is 0.158. The van der Waals surface area contributed by atoms with Gasteiger partial charge in [0, 0.05) is 24.6 Å². The molecule has 2 heterocycles. The summed E-state index contributed by atoms with van der Waals surface area (Å²) >= 11 is 0. The van der Waals surface area contributed by atoms with Gasteiger partial charge in [-0.15, -0.1) is 0 Å². The highest BCUT2D eigenvalue weighted by Crippen LogP contribution is 2.32. The van der Waals surface area contributed by atoms with E-state index >= 15 is 0 Å². The second-order valence-corrected chi connectivity index (χ2v) is 9.03. The Bertz CT molecular complexity index is 1290. The third kappa shape index (κ3) is 4.42. The zero-order valence-electron chi connectivity index (χ0n) is 16.6. The van der Waals surface area contributed by atoms with Gasteiger partial charge in [0.1, 0.15) is 17.3 Å². The standard InChI is InChI=1S/C21H16F3N3O4S/c1-32(29,30)20-25-10-8-18(26-20)27-11-9-13-2-5-16(12-17(13)19(27)28)31-15-6-3-14(4-7-15)21(22,23)24/h2-8,10,12H,9,11H2,1H3. The number of aromatic nitrogens is 2. The summed E-state index contributed by atoms with van der Waals surface area (Å²) in [6.45, 7) is 0.297. The molecular weight excluding hydrogens is 447 g/mol. The normalized spacial score (nSPS) is 14.2. The minimum Gasteiger partial charge on any atom is -0.457 e. The van der Waals surface area contributed by atoms with Crippen molar-refractivity contribution in [3.05, 3.63) is 71.4 Å². The molecule has 0 unspecified atom stereocenters. The molecule has 1 aliphatic heterocycles. The number of benzene rings is 2. The first-order chi connectivity index (χ1) is 15.0. The van der Waals surface area contributed by atoms with Crippen molar-refractivity contribution in [2.75, 3.05) is 17.7 Å². The number of ether oxygens (including phenoxy) is 1. The average Bonchev–Trinajstić information content (AvgIpc) is 2.74. The fraction of sp³-hybridized carbons (Fsp3) is 0.190. The molecule has 4 rings (SSSR count). The number of sulfone groups is 1. The SMILES string of the molecule is CS(=O)(=O)c1nccc(N2CCc3ccc(Oc4ccc(C(F)(F)F)cc4)cc3C2=O)n1. The molecule has 0 fully saturated rings. The molecule has 166 valence electrons. The summed E-state index contributed by atoms with van der Waals surface area (Å²) in [5.41, 5.74) is 0.308. The Labute approximate surface area is 181 Å². The zero-order chi connectivity index (χ0) is 23.1. The van der Waals surface area contributed by atoms with Gasteiger partial charge < -0.3 is 4.74 Å². The monoisotopic (exact) mass is 463 g/mol. The van der Waals surface area contributed by atoms with E-state index in [4.69, 9.17) is 4.74 Å². The Hall–Kier alpha value is -3.47. The average molecular weight is 463 g/mol. The van der Waals surface area contributed by atoms with E-state index in [1.807, 2.05) is 0 Å². The van der Waals surface area contributed by atoms with Crippen LogP contribution in [0.1, 0.15) is 21.5 Å². The van der Waals surface area contributed by atoms with E-state index in [0.717, 1.165) is 24.0 Å².